The van der Waals surface area contributed by atoms with Crippen LogP contribution in [-0.4, -0.2) is 20.3 Å². The Morgan fingerprint density at radius 3 is 2.78 bits per heavy atom. The van der Waals surface area contributed by atoms with Crippen LogP contribution in [0.2, 0.25) is 5.02 Å². The van der Waals surface area contributed by atoms with Gasteiger partial charge in [0, 0.05) is 31.8 Å². The molecule has 0 aliphatic heterocycles. The molecule has 0 atom stereocenters. The second-order valence-electron chi connectivity index (χ2n) is 5.42. The minimum absolute atomic E-state index is 0.510. The Hall–Kier alpha value is -0.570. The fourth-order valence-electron chi connectivity index (χ4n) is 2.33. The predicted octanol–water partition coefficient (Wildman–Crippen LogP) is 3.55. The molecule has 0 bridgehead atoms. The summed E-state index contributed by atoms with van der Waals surface area (Å²) in [6.45, 7) is 5.01. The van der Waals surface area contributed by atoms with Gasteiger partial charge in [0.15, 0.2) is 0 Å². The van der Waals surface area contributed by atoms with Crippen molar-refractivity contribution in [1.82, 2.24) is 5.32 Å². The third-order valence-electron chi connectivity index (χ3n) is 3.91. The predicted molar refractivity (Wildman–Crippen MR) is 76.1 cm³/mol. The van der Waals surface area contributed by atoms with Gasteiger partial charge in [0.1, 0.15) is 0 Å². The number of rotatable bonds is 7. The zero-order valence-corrected chi connectivity index (χ0v) is 12.0. The van der Waals surface area contributed by atoms with Crippen molar-refractivity contribution < 1.29 is 4.74 Å². The largest absolute Gasteiger partial charge is 0.385 e. The van der Waals surface area contributed by atoms with Gasteiger partial charge in [0.2, 0.25) is 0 Å². The third kappa shape index (κ3) is 3.71. The summed E-state index contributed by atoms with van der Waals surface area (Å²) < 4.78 is 5.17. The van der Waals surface area contributed by atoms with Gasteiger partial charge in [-0.3, -0.25) is 0 Å². The Morgan fingerprint density at radius 2 is 2.17 bits per heavy atom. The Morgan fingerprint density at radius 1 is 1.39 bits per heavy atom. The summed E-state index contributed by atoms with van der Waals surface area (Å²) in [5, 5.41) is 4.39. The zero-order chi connectivity index (χ0) is 13.0. The highest BCUT2D eigenvalue weighted by molar-refractivity contribution is 6.30. The number of benzene rings is 1. The van der Waals surface area contributed by atoms with Crippen molar-refractivity contribution in [3.05, 3.63) is 34.3 Å². The minimum Gasteiger partial charge on any atom is -0.385 e. The average molecular weight is 268 g/mol. The molecule has 0 heterocycles. The molecule has 3 heteroatoms. The molecule has 1 fully saturated rings. The molecule has 0 radical (unpaired) electrons. The molecule has 1 saturated carbocycles. The highest BCUT2D eigenvalue weighted by atomic mass is 35.5. The van der Waals surface area contributed by atoms with Crippen molar-refractivity contribution in [2.45, 2.75) is 32.7 Å². The van der Waals surface area contributed by atoms with Crippen LogP contribution >= 0.6 is 11.6 Å². The molecular weight excluding hydrogens is 246 g/mol. The fraction of sp³-hybridized carbons (Fsp3) is 0.600. The number of nitrogens with one attached hydrogen (secondary N) is 1. The summed E-state index contributed by atoms with van der Waals surface area (Å²) in [5.74, 6) is 0. The monoisotopic (exact) mass is 267 g/mol. The van der Waals surface area contributed by atoms with Gasteiger partial charge in [0.25, 0.3) is 0 Å². The van der Waals surface area contributed by atoms with Crippen LogP contribution in [0.3, 0.4) is 0 Å². The number of hydrogen-bond donors (Lipinski definition) is 1. The topological polar surface area (TPSA) is 21.3 Å². The second-order valence-corrected chi connectivity index (χ2v) is 5.85. The molecule has 100 valence electrons. The maximum absolute atomic E-state index is 5.96. The number of methoxy groups -OCH3 is 1. The summed E-state index contributed by atoms with van der Waals surface area (Å²) in [4.78, 5) is 0. The van der Waals surface area contributed by atoms with E-state index in [4.69, 9.17) is 16.3 Å². The Bertz CT molecular complexity index is 401. The number of hydrogen-bond acceptors (Lipinski definition) is 2. The molecule has 0 spiro atoms. The highest BCUT2D eigenvalue weighted by Gasteiger charge is 2.41. The lowest BCUT2D eigenvalue weighted by Gasteiger charge is -2.16. The van der Waals surface area contributed by atoms with E-state index in [-0.39, 0.29) is 0 Å². The van der Waals surface area contributed by atoms with Gasteiger partial charge in [-0.05, 0) is 54.9 Å². The van der Waals surface area contributed by atoms with E-state index in [1.54, 1.807) is 7.11 Å². The fourth-order valence-corrected chi connectivity index (χ4v) is 2.56. The minimum atomic E-state index is 0.510. The first kappa shape index (κ1) is 13.9. The number of aryl methyl sites for hydroxylation is 1. The van der Waals surface area contributed by atoms with Crippen LogP contribution in [0.25, 0.3) is 0 Å². The van der Waals surface area contributed by atoms with E-state index in [1.807, 2.05) is 12.1 Å². The van der Waals surface area contributed by atoms with E-state index in [0.717, 1.165) is 24.7 Å². The van der Waals surface area contributed by atoms with E-state index in [1.165, 1.54) is 30.4 Å². The van der Waals surface area contributed by atoms with Gasteiger partial charge < -0.3 is 10.1 Å². The summed E-state index contributed by atoms with van der Waals surface area (Å²) in [6, 6.07) is 6.10. The van der Waals surface area contributed by atoms with E-state index < -0.39 is 0 Å². The van der Waals surface area contributed by atoms with Crippen LogP contribution in [0.15, 0.2) is 18.2 Å². The summed E-state index contributed by atoms with van der Waals surface area (Å²) >= 11 is 5.96. The number of ether oxygens (including phenoxy) is 1. The highest BCUT2D eigenvalue weighted by Crippen LogP contribution is 2.48. The number of halogens is 1. The molecule has 0 saturated heterocycles. The average Bonchev–Trinajstić information content (AvgIpc) is 3.10. The second kappa shape index (κ2) is 6.05. The first-order chi connectivity index (χ1) is 8.65. The smallest absolute Gasteiger partial charge is 0.0468 e. The van der Waals surface area contributed by atoms with Crippen LogP contribution in [0, 0.1) is 12.3 Å². The lowest BCUT2D eigenvalue weighted by atomic mass is 10.0. The van der Waals surface area contributed by atoms with E-state index >= 15 is 0 Å². The molecule has 1 aromatic rings. The molecule has 2 rings (SSSR count). The standard InChI is InChI=1S/C15H22ClNO/c1-12-9-14(16)4-3-13(12)10-17-11-15(5-6-15)7-8-18-2/h3-4,9,17H,5-8,10-11H2,1-2H3. The third-order valence-corrected chi connectivity index (χ3v) is 4.15. The van der Waals surface area contributed by atoms with Gasteiger partial charge in [0.05, 0.1) is 0 Å². The lowest BCUT2D eigenvalue weighted by Crippen LogP contribution is -2.24. The van der Waals surface area contributed by atoms with Crippen LogP contribution in [0.4, 0.5) is 0 Å². The molecule has 0 unspecified atom stereocenters. The van der Waals surface area contributed by atoms with Gasteiger partial charge in [-0.2, -0.15) is 0 Å². The summed E-state index contributed by atoms with van der Waals surface area (Å²) in [6.07, 6.45) is 3.85. The maximum atomic E-state index is 5.96. The molecule has 1 aromatic carbocycles. The van der Waals surface area contributed by atoms with Crippen molar-refractivity contribution in [2.75, 3.05) is 20.3 Å². The SMILES string of the molecule is COCCC1(CNCc2ccc(Cl)cc2C)CC1. The first-order valence-corrected chi connectivity index (χ1v) is 6.98. The Balaban J connectivity index is 1.78. The molecule has 2 nitrogen and oxygen atoms in total. The Labute approximate surface area is 115 Å². The Kier molecular flexibility index (Phi) is 4.66. The summed E-state index contributed by atoms with van der Waals surface area (Å²) in [7, 11) is 1.78. The molecule has 1 aliphatic carbocycles. The lowest BCUT2D eigenvalue weighted by molar-refractivity contribution is 0.171. The van der Waals surface area contributed by atoms with Gasteiger partial charge in [-0.25, -0.2) is 0 Å². The van der Waals surface area contributed by atoms with Crippen molar-refractivity contribution in [1.29, 1.82) is 0 Å². The van der Waals surface area contributed by atoms with Gasteiger partial charge in [-0.1, -0.05) is 17.7 Å². The zero-order valence-electron chi connectivity index (χ0n) is 11.3. The molecule has 1 aliphatic rings. The van der Waals surface area contributed by atoms with Crippen LogP contribution in [0.1, 0.15) is 30.4 Å². The van der Waals surface area contributed by atoms with Crippen molar-refractivity contribution >= 4 is 11.6 Å². The molecule has 1 N–H and O–H groups in total. The first-order valence-electron chi connectivity index (χ1n) is 6.60. The van der Waals surface area contributed by atoms with Gasteiger partial charge in [-0.15, -0.1) is 0 Å². The van der Waals surface area contributed by atoms with Crippen LogP contribution in [0.5, 0.6) is 0 Å². The quantitative estimate of drug-likeness (QED) is 0.816. The maximum Gasteiger partial charge on any atom is 0.0468 e. The van der Waals surface area contributed by atoms with Crippen molar-refractivity contribution in [3.8, 4) is 0 Å². The normalized spacial score (nSPS) is 16.8. The van der Waals surface area contributed by atoms with Crippen LogP contribution in [-0.2, 0) is 11.3 Å². The van der Waals surface area contributed by atoms with E-state index in [0.29, 0.717) is 5.41 Å². The molecular formula is C15H22ClNO. The molecule has 18 heavy (non-hydrogen) atoms. The summed E-state index contributed by atoms with van der Waals surface area (Å²) in [5.41, 5.74) is 3.11. The molecule has 0 aromatic heterocycles. The van der Waals surface area contributed by atoms with E-state index in [2.05, 4.69) is 18.3 Å². The van der Waals surface area contributed by atoms with Gasteiger partial charge >= 0.3 is 0 Å². The van der Waals surface area contributed by atoms with Crippen molar-refractivity contribution in [2.24, 2.45) is 5.41 Å². The van der Waals surface area contributed by atoms with Crippen LogP contribution < -0.4 is 5.32 Å². The van der Waals surface area contributed by atoms with Crippen molar-refractivity contribution in [3.63, 3.8) is 0 Å². The molecule has 0 amide bonds. The van der Waals surface area contributed by atoms with E-state index in [9.17, 15) is 0 Å².